The molecular formula is C24H24Si. The maximum atomic E-state index is 2.67. The van der Waals surface area contributed by atoms with Crippen molar-refractivity contribution in [3.63, 3.8) is 0 Å². The Balaban J connectivity index is 1.94. The van der Waals surface area contributed by atoms with E-state index < -0.39 is 8.07 Å². The molecule has 3 aromatic carbocycles. The second-order valence-electron chi connectivity index (χ2n) is 7.25. The highest BCUT2D eigenvalue weighted by Gasteiger charge is 2.39. The van der Waals surface area contributed by atoms with Crippen molar-refractivity contribution in [2.45, 2.75) is 19.4 Å². The van der Waals surface area contributed by atoms with Gasteiger partial charge in [0.2, 0.25) is 0 Å². The molecule has 0 nitrogen and oxygen atoms in total. The predicted molar refractivity (Wildman–Crippen MR) is 111 cm³/mol. The maximum Gasteiger partial charge on any atom is 0.141 e. The van der Waals surface area contributed by atoms with E-state index in [0.29, 0.717) is 5.92 Å². The normalized spacial score (nSPS) is 19.2. The average Bonchev–Trinajstić information content (AvgIpc) is 2.69. The van der Waals surface area contributed by atoms with Gasteiger partial charge >= 0.3 is 0 Å². The number of allylic oxidation sites excluding steroid dienone is 1. The molecule has 4 rings (SSSR count). The number of hydrogen-bond donors (Lipinski definition) is 0. The standard InChI is InChI=1S/C24H24Si/c1-20-17-22(21-11-5-2-6-12-21)19-25(18-20,23-13-7-3-8-14-23)24-15-9-4-10-16-24/h2-16,19-20H,17-18H2,1H3. The smallest absolute Gasteiger partial charge is 0.0820 e. The van der Waals surface area contributed by atoms with Crippen LogP contribution in [0.2, 0.25) is 6.04 Å². The van der Waals surface area contributed by atoms with Crippen LogP contribution in [0, 0.1) is 5.92 Å². The Kier molecular flexibility index (Phi) is 4.41. The van der Waals surface area contributed by atoms with Crippen LogP contribution in [0.3, 0.4) is 0 Å². The summed E-state index contributed by atoms with van der Waals surface area (Å²) in [7, 11) is -1.91. The van der Waals surface area contributed by atoms with E-state index in [0.717, 1.165) is 0 Å². The molecule has 1 aliphatic heterocycles. The van der Waals surface area contributed by atoms with Crippen molar-refractivity contribution < 1.29 is 0 Å². The van der Waals surface area contributed by atoms with E-state index in [-0.39, 0.29) is 0 Å². The highest BCUT2D eigenvalue weighted by Crippen LogP contribution is 2.35. The average molecular weight is 341 g/mol. The minimum atomic E-state index is -1.91. The Bertz CT molecular complexity index is 811. The van der Waals surface area contributed by atoms with Crippen molar-refractivity contribution in [3.05, 3.63) is 102 Å². The van der Waals surface area contributed by atoms with Crippen LogP contribution in [0.5, 0.6) is 0 Å². The third-order valence-corrected chi connectivity index (χ3v) is 10.3. The van der Waals surface area contributed by atoms with Gasteiger partial charge in [-0.3, -0.25) is 0 Å². The molecule has 25 heavy (non-hydrogen) atoms. The lowest BCUT2D eigenvalue weighted by Crippen LogP contribution is -2.59. The Morgan fingerprint density at radius 3 is 1.68 bits per heavy atom. The van der Waals surface area contributed by atoms with Gasteiger partial charge in [0.15, 0.2) is 0 Å². The first kappa shape index (κ1) is 16.1. The summed E-state index contributed by atoms with van der Waals surface area (Å²) < 4.78 is 0. The minimum absolute atomic E-state index is 0.701. The summed E-state index contributed by atoms with van der Waals surface area (Å²) in [5, 5.41) is 3.06. The van der Waals surface area contributed by atoms with Crippen LogP contribution in [-0.4, -0.2) is 8.07 Å². The Morgan fingerprint density at radius 2 is 1.16 bits per heavy atom. The van der Waals surface area contributed by atoms with Gasteiger partial charge in [0, 0.05) is 0 Å². The summed E-state index contributed by atoms with van der Waals surface area (Å²) in [5.41, 5.74) is 5.59. The van der Waals surface area contributed by atoms with Crippen molar-refractivity contribution in [1.29, 1.82) is 0 Å². The van der Waals surface area contributed by atoms with Crippen LogP contribution < -0.4 is 10.4 Å². The molecule has 1 aliphatic rings. The summed E-state index contributed by atoms with van der Waals surface area (Å²) in [6.07, 6.45) is 1.18. The van der Waals surface area contributed by atoms with Crippen LogP contribution in [0.1, 0.15) is 18.9 Å². The Morgan fingerprint density at radius 1 is 0.680 bits per heavy atom. The third kappa shape index (κ3) is 3.12. The molecule has 0 spiro atoms. The minimum Gasteiger partial charge on any atom is -0.0820 e. The van der Waals surface area contributed by atoms with E-state index in [1.807, 2.05) is 0 Å². The number of benzene rings is 3. The second-order valence-corrected chi connectivity index (χ2v) is 11.0. The lowest BCUT2D eigenvalue weighted by atomic mass is 9.97. The van der Waals surface area contributed by atoms with E-state index in [4.69, 9.17) is 0 Å². The quantitative estimate of drug-likeness (QED) is 0.594. The molecule has 1 heterocycles. The summed E-state index contributed by atoms with van der Waals surface area (Å²) >= 11 is 0. The first-order chi connectivity index (χ1) is 12.3. The summed E-state index contributed by atoms with van der Waals surface area (Å²) in [4.78, 5) is 0. The van der Waals surface area contributed by atoms with Gasteiger partial charge in [0.25, 0.3) is 0 Å². The third-order valence-electron chi connectivity index (χ3n) is 5.38. The number of rotatable bonds is 3. The topological polar surface area (TPSA) is 0 Å². The van der Waals surface area contributed by atoms with Gasteiger partial charge in [-0.2, -0.15) is 0 Å². The number of hydrogen-bond acceptors (Lipinski definition) is 0. The second kappa shape index (κ2) is 6.85. The van der Waals surface area contributed by atoms with Crippen LogP contribution >= 0.6 is 0 Å². The SMILES string of the molecule is CC1CC(c2ccccc2)=C[Si](c2ccccc2)(c2ccccc2)C1. The van der Waals surface area contributed by atoms with Crippen molar-refractivity contribution in [2.24, 2.45) is 5.92 Å². The molecular weight excluding hydrogens is 316 g/mol. The van der Waals surface area contributed by atoms with Crippen molar-refractivity contribution in [2.75, 3.05) is 0 Å². The van der Waals surface area contributed by atoms with Crippen LogP contribution in [0.15, 0.2) is 96.7 Å². The van der Waals surface area contributed by atoms with Crippen molar-refractivity contribution in [3.8, 4) is 0 Å². The fourth-order valence-corrected chi connectivity index (χ4v) is 9.26. The molecule has 0 fully saturated rings. The van der Waals surface area contributed by atoms with Crippen LogP contribution in [-0.2, 0) is 0 Å². The van der Waals surface area contributed by atoms with E-state index in [1.54, 1.807) is 0 Å². The van der Waals surface area contributed by atoms with Gasteiger partial charge in [-0.1, -0.05) is 104 Å². The Hall–Kier alpha value is -2.38. The molecule has 0 aromatic heterocycles. The largest absolute Gasteiger partial charge is 0.141 e. The zero-order valence-electron chi connectivity index (χ0n) is 14.7. The van der Waals surface area contributed by atoms with Crippen molar-refractivity contribution >= 4 is 24.0 Å². The maximum absolute atomic E-state index is 2.67. The lowest BCUT2D eigenvalue weighted by Gasteiger charge is -2.37. The lowest BCUT2D eigenvalue weighted by molar-refractivity contribution is 0.658. The predicted octanol–water partition coefficient (Wildman–Crippen LogP) is 4.91. The van der Waals surface area contributed by atoms with Gasteiger partial charge in [0.1, 0.15) is 8.07 Å². The molecule has 1 unspecified atom stereocenters. The van der Waals surface area contributed by atoms with Gasteiger partial charge in [0.05, 0.1) is 0 Å². The molecule has 0 saturated carbocycles. The first-order valence-electron chi connectivity index (χ1n) is 9.16. The monoisotopic (exact) mass is 340 g/mol. The van der Waals surface area contributed by atoms with Crippen LogP contribution in [0.25, 0.3) is 5.57 Å². The molecule has 1 atom stereocenters. The highest BCUT2D eigenvalue weighted by atomic mass is 28.3. The molecule has 1 heteroatoms. The molecule has 0 radical (unpaired) electrons. The zero-order valence-corrected chi connectivity index (χ0v) is 15.7. The molecule has 3 aromatic rings. The van der Waals surface area contributed by atoms with Gasteiger partial charge < -0.3 is 0 Å². The first-order valence-corrected chi connectivity index (χ1v) is 11.4. The molecule has 0 saturated heterocycles. The fourth-order valence-electron chi connectivity index (χ4n) is 4.31. The van der Waals surface area contributed by atoms with E-state index >= 15 is 0 Å². The summed E-state index contributed by atoms with van der Waals surface area (Å²) in [5.74, 6) is 0.701. The van der Waals surface area contributed by atoms with Crippen LogP contribution in [0.4, 0.5) is 0 Å². The van der Waals surface area contributed by atoms with Gasteiger partial charge in [-0.25, -0.2) is 0 Å². The van der Waals surface area contributed by atoms with E-state index in [2.05, 4.69) is 104 Å². The zero-order chi connectivity index (χ0) is 17.1. The molecule has 0 bridgehead atoms. The van der Waals surface area contributed by atoms with Gasteiger partial charge in [-0.05, 0) is 39.9 Å². The van der Waals surface area contributed by atoms with E-state index in [1.165, 1.54) is 34.0 Å². The fraction of sp³-hybridized carbons (Fsp3) is 0.167. The van der Waals surface area contributed by atoms with E-state index in [9.17, 15) is 0 Å². The summed E-state index contributed by atoms with van der Waals surface area (Å²) in [6.45, 7) is 2.42. The Labute approximate surface area is 151 Å². The summed E-state index contributed by atoms with van der Waals surface area (Å²) in [6, 6.07) is 34.7. The molecule has 0 amide bonds. The molecule has 124 valence electrons. The molecule has 0 aliphatic carbocycles. The van der Waals surface area contributed by atoms with Gasteiger partial charge in [-0.15, -0.1) is 0 Å². The molecule has 0 N–H and O–H groups in total. The highest BCUT2D eigenvalue weighted by molar-refractivity contribution is 7.06. The van der Waals surface area contributed by atoms with Crippen molar-refractivity contribution in [1.82, 2.24) is 0 Å².